The standard InChI is InChI=1S/C31H19N3O/c1-19-13-15-23(25-10-6-7-17-33-25)30-28(19)24-16-14-20(18-32)29(31(24)35-30)34-26-11-4-2-8-21(26)22-9-3-5-12-27(22)34/h2-17H,1H3/i1D3,2D,3D,4D,5D,8D,9D,11D,12D. The number of hydrogen-bond donors (Lipinski definition) is 0. The summed E-state index contributed by atoms with van der Waals surface area (Å²) in [6, 6.07) is 8.67. The van der Waals surface area contributed by atoms with Crippen molar-refractivity contribution in [1.82, 2.24) is 9.55 Å². The fourth-order valence-corrected chi connectivity index (χ4v) is 4.61. The zero-order chi connectivity index (χ0) is 33.0. The third kappa shape index (κ3) is 2.70. The molecule has 4 nitrogen and oxygen atoms in total. The summed E-state index contributed by atoms with van der Waals surface area (Å²) < 4.78 is 101. The molecule has 3 aromatic heterocycles. The third-order valence-electron chi connectivity index (χ3n) is 6.08. The summed E-state index contributed by atoms with van der Waals surface area (Å²) in [5.41, 5.74) is 0.486. The normalized spacial score (nSPS) is 16.4. The van der Waals surface area contributed by atoms with Gasteiger partial charge in [0.15, 0.2) is 5.58 Å². The lowest BCUT2D eigenvalue weighted by molar-refractivity contribution is 0.667. The van der Waals surface area contributed by atoms with Crippen molar-refractivity contribution in [3.8, 4) is 23.0 Å². The molecule has 35 heavy (non-hydrogen) atoms. The molecule has 0 radical (unpaired) electrons. The van der Waals surface area contributed by atoms with Gasteiger partial charge in [-0.05, 0) is 54.8 Å². The van der Waals surface area contributed by atoms with E-state index in [2.05, 4.69) is 11.1 Å². The maximum atomic E-state index is 10.4. The Bertz CT molecular complexity index is 2430. The molecule has 0 bridgehead atoms. The van der Waals surface area contributed by atoms with Crippen LogP contribution in [0.25, 0.3) is 60.7 Å². The highest BCUT2D eigenvalue weighted by atomic mass is 16.3. The van der Waals surface area contributed by atoms with E-state index in [9.17, 15) is 5.26 Å². The molecule has 4 aromatic carbocycles. The minimum Gasteiger partial charge on any atom is -0.453 e. The Labute approximate surface area is 216 Å². The molecular weight excluding hydrogens is 430 g/mol. The molecule has 0 saturated heterocycles. The molecule has 164 valence electrons. The van der Waals surface area contributed by atoms with Gasteiger partial charge in [-0.2, -0.15) is 5.26 Å². The first kappa shape index (κ1) is 11.5. The molecule has 0 amide bonds. The molecule has 0 N–H and O–H groups in total. The largest absolute Gasteiger partial charge is 0.453 e. The Hall–Kier alpha value is -4.88. The van der Waals surface area contributed by atoms with Crippen molar-refractivity contribution < 1.29 is 19.5 Å². The number of nitriles is 1. The third-order valence-corrected chi connectivity index (χ3v) is 6.08. The van der Waals surface area contributed by atoms with E-state index >= 15 is 0 Å². The minimum absolute atomic E-state index is 0.0263. The topological polar surface area (TPSA) is 54.8 Å². The van der Waals surface area contributed by atoms with E-state index in [4.69, 9.17) is 19.5 Å². The molecular formula is C31H19N3O. The van der Waals surface area contributed by atoms with Crippen molar-refractivity contribution in [2.75, 3.05) is 0 Å². The Balaban J connectivity index is 1.80. The van der Waals surface area contributed by atoms with E-state index in [1.54, 1.807) is 30.5 Å². The van der Waals surface area contributed by atoms with E-state index in [0.717, 1.165) is 0 Å². The summed E-state index contributed by atoms with van der Waals surface area (Å²) in [6.45, 7) is -2.59. The highest BCUT2D eigenvalue weighted by molar-refractivity contribution is 6.15. The number of furan rings is 1. The molecule has 0 aliphatic heterocycles. The smallest absolute Gasteiger partial charge is 0.160 e. The van der Waals surface area contributed by atoms with Crippen molar-refractivity contribution in [3.05, 3.63) is 108 Å². The van der Waals surface area contributed by atoms with Crippen LogP contribution < -0.4 is 0 Å². The average molecular weight is 461 g/mol. The van der Waals surface area contributed by atoms with Crippen molar-refractivity contribution in [2.45, 2.75) is 6.85 Å². The molecule has 0 aliphatic carbocycles. The highest BCUT2D eigenvalue weighted by Gasteiger charge is 2.22. The van der Waals surface area contributed by atoms with Gasteiger partial charge in [0.2, 0.25) is 0 Å². The Morgan fingerprint density at radius 2 is 1.66 bits per heavy atom. The summed E-state index contributed by atoms with van der Waals surface area (Å²) in [7, 11) is 0. The molecule has 0 spiro atoms. The number of aryl methyl sites for hydroxylation is 1. The van der Waals surface area contributed by atoms with Crippen LogP contribution in [0.15, 0.2) is 101 Å². The van der Waals surface area contributed by atoms with E-state index in [1.165, 1.54) is 22.8 Å². The van der Waals surface area contributed by atoms with Gasteiger partial charge in [-0.3, -0.25) is 4.98 Å². The number of fused-ring (bicyclic) bond motifs is 6. The van der Waals surface area contributed by atoms with Crippen molar-refractivity contribution in [2.24, 2.45) is 0 Å². The van der Waals surface area contributed by atoms with Gasteiger partial charge >= 0.3 is 0 Å². The number of rotatable bonds is 2. The summed E-state index contributed by atoms with van der Waals surface area (Å²) in [4.78, 5) is 4.40. The van der Waals surface area contributed by atoms with Gasteiger partial charge in [0.25, 0.3) is 0 Å². The summed E-state index contributed by atoms with van der Waals surface area (Å²) in [5, 5.41) is 10.5. The van der Waals surface area contributed by atoms with Crippen LogP contribution in [0.5, 0.6) is 0 Å². The number of pyridine rings is 1. The van der Waals surface area contributed by atoms with Gasteiger partial charge in [-0.15, -0.1) is 0 Å². The van der Waals surface area contributed by atoms with Crippen LogP contribution >= 0.6 is 0 Å². The van der Waals surface area contributed by atoms with Crippen molar-refractivity contribution >= 4 is 43.7 Å². The predicted molar refractivity (Wildman–Crippen MR) is 141 cm³/mol. The Morgan fingerprint density at radius 3 is 2.34 bits per heavy atom. The average Bonchev–Trinajstić information content (AvgIpc) is 3.60. The van der Waals surface area contributed by atoms with E-state index in [0.29, 0.717) is 11.3 Å². The van der Waals surface area contributed by atoms with Gasteiger partial charge in [-0.1, -0.05) is 48.4 Å². The summed E-state index contributed by atoms with van der Waals surface area (Å²) in [5.74, 6) is 0. The van der Waals surface area contributed by atoms with Crippen LogP contribution in [-0.2, 0) is 0 Å². The molecule has 0 atom stereocenters. The van der Waals surface area contributed by atoms with E-state index < -0.39 is 55.2 Å². The first-order valence-corrected chi connectivity index (χ1v) is 10.6. The molecule has 0 fully saturated rings. The molecule has 0 saturated carbocycles. The maximum absolute atomic E-state index is 10.4. The van der Waals surface area contributed by atoms with Gasteiger partial charge < -0.3 is 8.98 Å². The van der Waals surface area contributed by atoms with E-state index in [-0.39, 0.29) is 60.6 Å². The zero-order valence-corrected chi connectivity index (χ0v) is 17.9. The Morgan fingerprint density at radius 1 is 0.886 bits per heavy atom. The fraction of sp³-hybridized carbons (Fsp3) is 0.0323. The van der Waals surface area contributed by atoms with Crippen LogP contribution in [0.3, 0.4) is 0 Å². The quantitative estimate of drug-likeness (QED) is 0.263. The monoisotopic (exact) mass is 460 g/mol. The second kappa shape index (κ2) is 7.31. The number of nitrogens with zero attached hydrogens (tertiary/aromatic N) is 3. The molecule has 7 aromatic rings. The number of para-hydroxylation sites is 2. The van der Waals surface area contributed by atoms with Gasteiger partial charge in [-0.25, -0.2) is 0 Å². The van der Waals surface area contributed by atoms with E-state index in [1.807, 2.05) is 0 Å². The molecule has 4 heteroatoms. The first-order valence-electron chi connectivity index (χ1n) is 16.1. The summed E-state index contributed by atoms with van der Waals surface area (Å²) >= 11 is 0. The number of benzene rings is 4. The first-order chi connectivity index (χ1) is 21.8. The number of hydrogen-bond acceptors (Lipinski definition) is 3. The molecule has 7 rings (SSSR count). The lowest BCUT2D eigenvalue weighted by Crippen LogP contribution is -1.98. The Kier molecular flexibility index (Phi) is 2.40. The fourth-order valence-electron chi connectivity index (χ4n) is 4.61. The molecule has 0 aliphatic rings. The van der Waals surface area contributed by atoms with Crippen molar-refractivity contribution in [1.29, 1.82) is 5.26 Å². The molecule has 0 unspecified atom stereocenters. The van der Waals surface area contributed by atoms with Crippen LogP contribution in [-0.4, -0.2) is 9.55 Å². The van der Waals surface area contributed by atoms with Crippen LogP contribution in [0.2, 0.25) is 0 Å². The number of aromatic nitrogens is 2. The van der Waals surface area contributed by atoms with Crippen LogP contribution in [0.4, 0.5) is 0 Å². The van der Waals surface area contributed by atoms with Crippen LogP contribution in [0, 0.1) is 18.2 Å². The zero-order valence-electron chi connectivity index (χ0n) is 28.9. The predicted octanol–water partition coefficient (Wildman–Crippen LogP) is 7.93. The SMILES string of the molecule is [2H]c1c([2H])c([2H])c2c(c1[2H])c1c([2H])c([2H])c([2H])c([2H])c1n2-c1c(C#N)ccc2c1oc1c(-c3ccccn3)ccc(C([2H])([2H])[2H])c12. The second-order valence-corrected chi connectivity index (χ2v) is 7.91. The highest BCUT2D eigenvalue weighted by Crippen LogP contribution is 2.42. The lowest BCUT2D eigenvalue weighted by Gasteiger charge is -2.10. The maximum Gasteiger partial charge on any atom is 0.160 e. The second-order valence-electron chi connectivity index (χ2n) is 7.91. The summed E-state index contributed by atoms with van der Waals surface area (Å²) in [6.07, 6.45) is 1.57. The van der Waals surface area contributed by atoms with Gasteiger partial charge in [0.05, 0.1) is 33.3 Å². The van der Waals surface area contributed by atoms with Crippen LogP contribution in [0.1, 0.15) is 26.2 Å². The van der Waals surface area contributed by atoms with Gasteiger partial charge in [0, 0.05) is 37.4 Å². The molecule has 3 heterocycles. The van der Waals surface area contributed by atoms with Crippen molar-refractivity contribution in [3.63, 3.8) is 0 Å². The van der Waals surface area contributed by atoms with Gasteiger partial charge in [0.1, 0.15) is 17.3 Å². The minimum atomic E-state index is -2.59. The lowest BCUT2D eigenvalue weighted by atomic mass is 10.0.